The van der Waals surface area contributed by atoms with Crippen molar-refractivity contribution in [3.63, 3.8) is 0 Å². The Hall–Kier alpha value is -6.70. The number of anilines is 2. The fourth-order valence-electron chi connectivity index (χ4n) is 12.3. The summed E-state index contributed by atoms with van der Waals surface area (Å²) in [5, 5.41) is 2.74. The van der Waals surface area contributed by atoms with Gasteiger partial charge in [0.1, 0.15) is 0 Å². The summed E-state index contributed by atoms with van der Waals surface area (Å²) in [6.45, 7) is 16.6. The molecule has 0 spiro atoms. The molecule has 3 aliphatic carbocycles. The van der Waals surface area contributed by atoms with Crippen LogP contribution in [0.1, 0.15) is 137 Å². The molecular formula is C68H67N. The van der Waals surface area contributed by atoms with Gasteiger partial charge in [0.2, 0.25) is 0 Å². The first kappa shape index (κ1) is 44.8. The smallest absolute Gasteiger partial charge is 0.0713 e. The molecule has 0 N–H and O–H groups in total. The molecule has 0 radical (unpaired) electrons. The summed E-state index contributed by atoms with van der Waals surface area (Å²) in [6.07, 6.45) is 14.9. The van der Waals surface area contributed by atoms with E-state index in [9.17, 15) is 0 Å². The third-order valence-electron chi connectivity index (χ3n) is 16.0. The van der Waals surface area contributed by atoms with Gasteiger partial charge in [0.15, 0.2) is 0 Å². The van der Waals surface area contributed by atoms with E-state index in [-0.39, 0.29) is 16.2 Å². The summed E-state index contributed by atoms with van der Waals surface area (Å²) in [5.74, 6) is 0.586. The summed E-state index contributed by atoms with van der Waals surface area (Å²) in [7, 11) is 0. The minimum absolute atomic E-state index is 0.0419. The molecule has 11 rings (SSSR count). The lowest BCUT2D eigenvalue weighted by Crippen LogP contribution is -2.29. The van der Waals surface area contributed by atoms with E-state index in [2.05, 4.69) is 254 Å². The van der Waals surface area contributed by atoms with Crippen molar-refractivity contribution in [3.05, 3.63) is 250 Å². The molecule has 0 heterocycles. The van der Waals surface area contributed by atoms with Gasteiger partial charge >= 0.3 is 0 Å². The van der Waals surface area contributed by atoms with Gasteiger partial charge in [-0.3, -0.25) is 0 Å². The van der Waals surface area contributed by atoms with Crippen LogP contribution >= 0.6 is 0 Å². The van der Waals surface area contributed by atoms with Crippen molar-refractivity contribution < 1.29 is 0 Å². The zero-order chi connectivity index (χ0) is 47.5. The number of rotatable bonds is 8. The van der Waals surface area contributed by atoms with E-state index in [4.69, 9.17) is 0 Å². The van der Waals surface area contributed by atoms with Crippen LogP contribution in [-0.2, 0) is 21.7 Å². The lowest BCUT2D eigenvalue weighted by molar-refractivity contribution is 0.445. The molecule has 0 saturated heterocycles. The van der Waals surface area contributed by atoms with Crippen LogP contribution < -0.4 is 4.90 Å². The second kappa shape index (κ2) is 17.4. The molecule has 3 aliphatic rings. The maximum atomic E-state index is 2.60. The number of hydrogen-bond donors (Lipinski definition) is 0. The Morgan fingerprint density at radius 3 is 1.70 bits per heavy atom. The Bertz CT molecular complexity index is 3180. The van der Waals surface area contributed by atoms with Crippen molar-refractivity contribution in [1.29, 1.82) is 0 Å². The molecular weight excluding hydrogens is 831 g/mol. The van der Waals surface area contributed by atoms with Gasteiger partial charge in [0, 0.05) is 22.4 Å². The summed E-state index contributed by atoms with van der Waals surface area (Å²) in [5.41, 5.74) is 19.0. The van der Waals surface area contributed by atoms with Gasteiger partial charge in [-0.2, -0.15) is 0 Å². The first-order valence-corrected chi connectivity index (χ1v) is 25.7. The molecule has 8 aromatic carbocycles. The molecule has 8 aromatic rings. The minimum atomic E-state index is -0.442. The number of fused-ring (bicyclic) bond motifs is 4. The van der Waals surface area contributed by atoms with Gasteiger partial charge in [0.25, 0.3) is 0 Å². The Labute approximate surface area is 412 Å². The predicted molar refractivity (Wildman–Crippen MR) is 294 cm³/mol. The molecule has 0 aromatic heterocycles. The normalized spacial score (nSPS) is 17.9. The van der Waals surface area contributed by atoms with Crippen LogP contribution in [-0.4, -0.2) is 0 Å². The third-order valence-corrected chi connectivity index (χ3v) is 16.0. The van der Waals surface area contributed by atoms with Crippen LogP contribution in [0.3, 0.4) is 0 Å². The van der Waals surface area contributed by atoms with Crippen molar-refractivity contribution >= 4 is 22.1 Å². The van der Waals surface area contributed by atoms with Crippen LogP contribution in [0, 0.1) is 0 Å². The maximum Gasteiger partial charge on any atom is 0.0713 e. The quantitative estimate of drug-likeness (QED) is 0.147. The molecule has 0 aliphatic heterocycles. The second-order valence-corrected chi connectivity index (χ2v) is 22.5. The highest BCUT2D eigenvalue weighted by molar-refractivity contribution is 6.03. The molecule has 1 unspecified atom stereocenters. The molecule has 1 fully saturated rings. The molecule has 1 nitrogen and oxygen atoms in total. The molecule has 1 atom stereocenters. The van der Waals surface area contributed by atoms with E-state index < -0.39 is 5.41 Å². The van der Waals surface area contributed by atoms with E-state index in [1.54, 1.807) is 0 Å². The third kappa shape index (κ3) is 7.70. The van der Waals surface area contributed by atoms with Crippen LogP contribution in [0.25, 0.3) is 33.0 Å². The molecule has 1 saturated carbocycles. The van der Waals surface area contributed by atoms with E-state index in [0.717, 1.165) is 6.42 Å². The Balaban J connectivity index is 1.09. The maximum absolute atomic E-state index is 2.60. The van der Waals surface area contributed by atoms with Crippen molar-refractivity contribution in [2.24, 2.45) is 0 Å². The Morgan fingerprint density at radius 2 is 1.06 bits per heavy atom. The highest BCUT2D eigenvalue weighted by Gasteiger charge is 2.48. The van der Waals surface area contributed by atoms with Gasteiger partial charge in [-0.1, -0.05) is 244 Å². The van der Waals surface area contributed by atoms with Gasteiger partial charge in [-0.25, -0.2) is 0 Å². The summed E-state index contributed by atoms with van der Waals surface area (Å²) in [4.78, 5) is 2.60. The topological polar surface area (TPSA) is 3.24 Å². The fraction of sp³-hybridized carbons (Fsp3) is 0.265. The number of hydrogen-bond acceptors (Lipinski definition) is 1. The van der Waals surface area contributed by atoms with Crippen molar-refractivity contribution in [3.8, 4) is 22.3 Å². The van der Waals surface area contributed by atoms with E-state index in [1.807, 2.05) is 0 Å². The average Bonchev–Trinajstić information content (AvgIpc) is 3.68. The molecule has 0 bridgehead atoms. The fourth-order valence-corrected chi connectivity index (χ4v) is 12.3. The van der Waals surface area contributed by atoms with E-state index >= 15 is 0 Å². The van der Waals surface area contributed by atoms with E-state index in [0.29, 0.717) is 5.92 Å². The first-order valence-electron chi connectivity index (χ1n) is 25.7. The Kier molecular flexibility index (Phi) is 11.3. The lowest BCUT2D eigenvalue weighted by Gasteiger charge is -2.37. The largest absolute Gasteiger partial charge is 0.310 e. The van der Waals surface area contributed by atoms with Crippen LogP contribution in [0.2, 0.25) is 0 Å². The zero-order valence-corrected chi connectivity index (χ0v) is 41.8. The number of para-hydroxylation sites is 1. The predicted octanol–water partition coefficient (Wildman–Crippen LogP) is 18.5. The van der Waals surface area contributed by atoms with Gasteiger partial charge in [0.05, 0.1) is 11.1 Å². The highest BCUT2D eigenvalue weighted by atomic mass is 15.1. The van der Waals surface area contributed by atoms with Gasteiger partial charge < -0.3 is 4.90 Å². The molecule has 0 amide bonds. The lowest BCUT2D eigenvalue weighted by atomic mass is 9.67. The molecule has 344 valence electrons. The van der Waals surface area contributed by atoms with Crippen molar-refractivity contribution in [2.45, 2.75) is 115 Å². The highest BCUT2D eigenvalue weighted by Crippen LogP contribution is 2.59. The minimum Gasteiger partial charge on any atom is -0.310 e. The van der Waals surface area contributed by atoms with Crippen molar-refractivity contribution in [1.82, 2.24) is 0 Å². The number of nitrogens with zero attached hydrogens (tertiary/aromatic N) is 1. The van der Waals surface area contributed by atoms with E-state index in [1.165, 1.54) is 127 Å². The monoisotopic (exact) mass is 898 g/mol. The Morgan fingerprint density at radius 1 is 0.507 bits per heavy atom. The molecule has 1 heteroatoms. The summed E-state index contributed by atoms with van der Waals surface area (Å²) in [6, 6.07) is 69.3. The zero-order valence-electron chi connectivity index (χ0n) is 41.8. The van der Waals surface area contributed by atoms with Crippen LogP contribution in [0.15, 0.2) is 206 Å². The average molecular weight is 898 g/mol. The number of allylic oxidation sites excluding steroid dienone is 3. The summed E-state index contributed by atoms with van der Waals surface area (Å²) >= 11 is 0. The SMILES string of the molecule is CC(C)(C)c1cc(N(C2=CCC(C)(c3cccc4c3-c3ccccc3C4(c3ccccc3)c3ccccc3)C=C2)c2ccccc2-c2cccc3cccc(C4CCCCC4)c23)cc(C(C)(C)C)c1. The van der Waals surface area contributed by atoms with Crippen molar-refractivity contribution in [2.75, 3.05) is 4.90 Å². The summed E-state index contributed by atoms with van der Waals surface area (Å²) < 4.78 is 0. The first-order chi connectivity index (χ1) is 33.4. The van der Waals surface area contributed by atoms with Gasteiger partial charge in [-0.15, -0.1) is 0 Å². The van der Waals surface area contributed by atoms with Crippen LogP contribution in [0.5, 0.6) is 0 Å². The van der Waals surface area contributed by atoms with Crippen LogP contribution in [0.4, 0.5) is 11.4 Å². The number of benzene rings is 8. The molecule has 69 heavy (non-hydrogen) atoms. The van der Waals surface area contributed by atoms with Gasteiger partial charge in [-0.05, 0) is 132 Å². The second-order valence-electron chi connectivity index (χ2n) is 22.5. The standard InChI is InChI=1S/C68H67N/c1-65(2,3)51-44-52(66(4,5)6)46-54(45-51)69(62-39-20-18-32-56(62)57-35-22-27-48-26-21-34-55(63(48)57)47-24-11-8-12-25-47)53-40-42-67(7,43-41-53)60-37-23-38-61-64(60)58-33-17-19-36-59(58)68(61,49-28-13-9-14-29-49)50-30-15-10-16-31-50/h9-10,13-23,26-42,44-47H,8,11-12,24-25,43H2,1-7H3.